The molecule has 0 radical (unpaired) electrons. The molecule has 43 heavy (non-hydrogen) atoms. The van der Waals surface area contributed by atoms with Crippen LogP contribution >= 0.6 is 0 Å². The number of nitrogens with zero attached hydrogens (tertiary/aromatic N) is 5. The Bertz CT molecular complexity index is 1870. The van der Waals surface area contributed by atoms with E-state index in [0.29, 0.717) is 23.0 Å². The molecule has 1 N–H and O–H groups in total. The number of fused-ring (bicyclic) bond motifs is 4. The Morgan fingerprint density at radius 1 is 1.05 bits per heavy atom. The number of benzene rings is 3. The molecule has 1 aliphatic heterocycles. The van der Waals surface area contributed by atoms with E-state index in [0.717, 1.165) is 59.5 Å². The molecule has 2 aliphatic rings. The highest BCUT2D eigenvalue weighted by atomic mass is 16.6. The maximum Gasteiger partial charge on any atom is 0.337 e. The van der Waals surface area contributed by atoms with Crippen molar-refractivity contribution in [1.29, 1.82) is 0 Å². The van der Waals surface area contributed by atoms with Gasteiger partial charge in [0.2, 0.25) is 5.72 Å². The molecular weight excluding hydrogens is 548 g/mol. The van der Waals surface area contributed by atoms with Gasteiger partial charge in [0.15, 0.2) is 5.82 Å². The second-order valence-electron chi connectivity index (χ2n) is 11.0. The zero-order valence-electron chi connectivity index (χ0n) is 23.8. The summed E-state index contributed by atoms with van der Waals surface area (Å²) in [6.07, 6.45) is 9.25. The normalized spacial score (nSPS) is 18.1. The molecule has 5 aromatic rings. The number of ether oxygens (including phenoxy) is 2. The molecule has 11 nitrogen and oxygen atoms in total. The molecule has 0 saturated heterocycles. The number of anilines is 1. The summed E-state index contributed by atoms with van der Waals surface area (Å²) >= 11 is 0. The molecule has 1 aliphatic carbocycles. The van der Waals surface area contributed by atoms with E-state index in [2.05, 4.69) is 27.0 Å². The van der Waals surface area contributed by atoms with E-state index in [1.54, 1.807) is 37.6 Å². The summed E-state index contributed by atoms with van der Waals surface area (Å²) in [6, 6.07) is 18.3. The van der Waals surface area contributed by atoms with E-state index in [4.69, 9.17) is 14.5 Å². The number of aromatic nitrogens is 4. The number of nitro groups is 1. The minimum absolute atomic E-state index is 0.00573. The standard InChI is InChI=1S/C32H30N6O5/c1-42-30(39)21-9-15-28-25(19-21)34-29(37(28)23-6-4-3-5-7-23)20-8-14-27-26(18-20)35-32(43-2,31-33-16-17-36(27)31)22-10-12-24(13-11-22)38(40)41/h8-19,23,35H,3-7H2,1-2H3. The van der Waals surface area contributed by atoms with Crippen LogP contribution in [0.4, 0.5) is 11.4 Å². The van der Waals surface area contributed by atoms with Crippen molar-refractivity contribution < 1.29 is 19.2 Å². The molecule has 218 valence electrons. The molecule has 3 heterocycles. The summed E-state index contributed by atoms with van der Waals surface area (Å²) in [7, 11) is 2.96. The van der Waals surface area contributed by atoms with Crippen LogP contribution in [-0.2, 0) is 15.2 Å². The number of esters is 1. The first-order valence-electron chi connectivity index (χ1n) is 14.3. The number of methoxy groups -OCH3 is 2. The second kappa shape index (κ2) is 10.4. The Labute approximate surface area is 247 Å². The topological polar surface area (TPSA) is 126 Å². The van der Waals surface area contributed by atoms with Crippen LogP contribution in [0.1, 0.15) is 59.9 Å². The molecular formula is C32H30N6O5. The Kier molecular flexibility index (Phi) is 6.46. The van der Waals surface area contributed by atoms with Gasteiger partial charge in [0.1, 0.15) is 5.82 Å². The van der Waals surface area contributed by atoms with Gasteiger partial charge in [-0.15, -0.1) is 0 Å². The summed E-state index contributed by atoms with van der Waals surface area (Å²) in [5.74, 6) is 1.03. The summed E-state index contributed by atoms with van der Waals surface area (Å²) in [5, 5.41) is 14.9. The van der Waals surface area contributed by atoms with E-state index in [1.807, 2.05) is 22.9 Å². The van der Waals surface area contributed by atoms with E-state index < -0.39 is 16.6 Å². The predicted octanol–water partition coefficient (Wildman–Crippen LogP) is 6.36. The number of carbonyl (C=O) groups excluding carboxylic acids is 1. The molecule has 7 rings (SSSR count). The van der Waals surface area contributed by atoms with Crippen LogP contribution in [0.3, 0.4) is 0 Å². The number of non-ortho nitro benzene ring substituents is 1. The second-order valence-corrected chi connectivity index (χ2v) is 11.0. The van der Waals surface area contributed by atoms with Gasteiger partial charge in [0, 0.05) is 48.8 Å². The largest absolute Gasteiger partial charge is 0.465 e. The van der Waals surface area contributed by atoms with Gasteiger partial charge in [-0.3, -0.25) is 14.7 Å². The highest BCUT2D eigenvalue weighted by molar-refractivity contribution is 5.94. The smallest absolute Gasteiger partial charge is 0.337 e. The fourth-order valence-electron chi connectivity index (χ4n) is 6.52. The van der Waals surface area contributed by atoms with Crippen LogP contribution < -0.4 is 5.32 Å². The van der Waals surface area contributed by atoms with Gasteiger partial charge in [-0.2, -0.15) is 0 Å². The number of nitro benzene ring substituents is 1. The molecule has 1 unspecified atom stereocenters. The van der Waals surface area contributed by atoms with Crippen molar-refractivity contribution in [2.24, 2.45) is 0 Å². The lowest BCUT2D eigenvalue weighted by molar-refractivity contribution is -0.384. The van der Waals surface area contributed by atoms with Gasteiger partial charge < -0.3 is 19.4 Å². The first kappa shape index (κ1) is 26.8. The zero-order valence-corrected chi connectivity index (χ0v) is 23.8. The Morgan fingerprint density at radius 2 is 1.84 bits per heavy atom. The molecule has 2 aromatic heterocycles. The maximum absolute atomic E-state index is 12.3. The number of carbonyl (C=O) groups is 1. The van der Waals surface area contributed by atoms with Crippen LogP contribution in [0.5, 0.6) is 0 Å². The van der Waals surface area contributed by atoms with Gasteiger partial charge >= 0.3 is 5.97 Å². The number of nitrogens with one attached hydrogen (secondary N) is 1. The van der Waals surface area contributed by atoms with Crippen molar-refractivity contribution in [3.63, 3.8) is 0 Å². The van der Waals surface area contributed by atoms with Crippen molar-refractivity contribution in [1.82, 2.24) is 19.1 Å². The van der Waals surface area contributed by atoms with Crippen molar-refractivity contribution in [2.75, 3.05) is 19.5 Å². The first-order chi connectivity index (χ1) is 20.9. The van der Waals surface area contributed by atoms with E-state index in [1.165, 1.54) is 25.7 Å². The Balaban J connectivity index is 1.38. The van der Waals surface area contributed by atoms with Crippen LogP contribution in [0, 0.1) is 10.1 Å². The van der Waals surface area contributed by atoms with Gasteiger partial charge in [-0.1, -0.05) is 19.3 Å². The molecule has 0 bridgehead atoms. The molecule has 11 heteroatoms. The average Bonchev–Trinajstić information content (AvgIpc) is 3.70. The van der Waals surface area contributed by atoms with Crippen LogP contribution in [0.2, 0.25) is 0 Å². The van der Waals surface area contributed by atoms with Gasteiger partial charge in [0.05, 0.1) is 40.0 Å². The minimum atomic E-state index is -1.19. The van der Waals surface area contributed by atoms with Gasteiger partial charge in [-0.25, -0.2) is 14.8 Å². The molecule has 1 atom stereocenters. The van der Waals surface area contributed by atoms with Gasteiger partial charge in [0.25, 0.3) is 5.69 Å². The fraction of sp³-hybridized carbons (Fsp3) is 0.281. The lowest BCUT2D eigenvalue weighted by atomic mass is 9.94. The Hall–Kier alpha value is -5.03. The number of hydrogen-bond donors (Lipinski definition) is 1. The number of hydrogen-bond acceptors (Lipinski definition) is 8. The SMILES string of the molecule is COC(=O)c1ccc2c(c1)nc(-c1ccc3c(c1)NC(OC)(c1ccc([N+](=O)[O-])cc1)c1nccn1-3)n2C1CCCCC1. The highest BCUT2D eigenvalue weighted by Gasteiger charge is 2.43. The predicted molar refractivity (Wildman–Crippen MR) is 160 cm³/mol. The van der Waals surface area contributed by atoms with E-state index in [-0.39, 0.29) is 5.69 Å². The quantitative estimate of drug-likeness (QED) is 0.140. The van der Waals surface area contributed by atoms with E-state index in [9.17, 15) is 14.9 Å². The third-order valence-corrected chi connectivity index (χ3v) is 8.62. The number of imidazole rings is 2. The monoisotopic (exact) mass is 578 g/mol. The Morgan fingerprint density at radius 3 is 2.56 bits per heavy atom. The summed E-state index contributed by atoms with van der Waals surface area (Å²) < 4.78 is 15.4. The van der Waals surface area contributed by atoms with Crippen molar-refractivity contribution >= 4 is 28.4 Å². The molecule has 0 spiro atoms. The fourth-order valence-corrected chi connectivity index (χ4v) is 6.52. The maximum atomic E-state index is 12.3. The van der Waals surface area contributed by atoms with E-state index >= 15 is 0 Å². The molecule has 3 aromatic carbocycles. The van der Waals surface area contributed by atoms with Crippen LogP contribution in [0.25, 0.3) is 28.1 Å². The molecule has 0 amide bonds. The van der Waals surface area contributed by atoms with Gasteiger partial charge in [-0.05, 0) is 61.4 Å². The third-order valence-electron chi connectivity index (χ3n) is 8.62. The van der Waals surface area contributed by atoms with Crippen molar-refractivity contribution in [3.05, 3.63) is 100 Å². The van der Waals surface area contributed by atoms with Crippen molar-refractivity contribution in [2.45, 2.75) is 43.9 Å². The lowest BCUT2D eigenvalue weighted by Gasteiger charge is -2.39. The highest BCUT2D eigenvalue weighted by Crippen LogP contribution is 2.44. The lowest BCUT2D eigenvalue weighted by Crippen LogP contribution is -2.44. The summed E-state index contributed by atoms with van der Waals surface area (Å²) in [6.45, 7) is 0. The molecule has 1 fully saturated rings. The summed E-state index contributed by atoms with van der Waals surface area (Å²) in [5.41, 5.74) is 4.25. The third kappa shape index (κ3) is 4.26. The average molecular weight is 579 g/mol. The minimum Gasteiger partial charge on any atom is -0.465 e. The zero-order chi connectivity index (χ0) is 29.7. The van der Waals surface area contributed by atoms with Crippen LogP contribution in [0.15, 0.2) is 73.1 Å². The first-order valence-corrected chi connectivity index (χ1v) is 14.3. The molecule has 1 saturated carbocycles. The van der Waals surface area contributed by atoms with Crippen LogP contribution in [-0.4, -0.2) is 44.2 Å². The van der Waals surface area contributed by atoms with Crippen molar-refractivity contribution in [3.8, 4) is 17.1 Å². The summed E-state index contributed by atoms with van der Waals surface area (Å²) in [4.78, 5) is 32.9. The number of rotatable bonds is 6.